The van der Waals surface area contributed by atoms with Crippen LogP contribution in [0.3, 0.4) is 0 Å². The average Bonchev–Trinajstić information content (AvgIpc) is 2.72. The van der Waals surface area contributed by atoms with E-state index in [1.54, 1.807) is 11.1 Å². The van der Waals surface area contributed by atoms with Crippen molar-refractivity contribution in [2.75, 3.05) is 13.1 Å². The van der Waals surface area contributed by atoms with Crippen molar-refractivity contribution in [2.45, 2.75) is 32.6 Å². The van der Waals surface area contributed by atoms with Gasteiger partial charge in [0, 0.05) is 19.0 Å². The van der Waals surface area contributed by atoms with E-state index in [4.69, 9.17) is 0 Å². The van der Waals surface area contributed by atoms with Crippen molar-refractivity contribution in [3.8, 4) is 0 Å². The van der Waals surface area contributed by atoms with E-state index in [-0.39, 0.29) is 12.4 Å². The molecular formula is C16H22ClN. The molecule has 0 saturated carbocycles. The molecule has 1 saturated heterocycles. The molecule has 2 aliphatic rings. The van der Waals surface area contributed by atoms with Gasteiger partial charge in [0.05, 0.1) is 0 Å². The zero-order valence-electron chi connectivity index (χ0n) is 11.2. The highest BCUT2D eigenvalue weighted by Gasteiger charge is 2.43. The lowest BCUT2D eigenvalue weighted by atomic mass is 9.66. The summed E-state index contributed by atoms with van der Waals surface area (Å²) in [6, 6.07) is 6.82. The summed E-state index contributed by atoms with van der Waals surface area (Å²) >= 11 is 0. The van der Waals surface area contributed by atoms with Crippen LogP contribution in [0.4, 0.5) is 0 Å². The molecule has 98 valence electrons. The van der Waals surface area contributed by atoms with E-state index < -0.39 is 0 Å². The van der Waals surface area contributed by atoms with Crippen LogP contribution in [-0.2, 0) is 6.42 Å². The Hall–Kier alpha value is -0.790. The smallest absolute Gasteiger partial charge is 0.00324 e. The van der Waals surface area contributed by atoms with Crippen molar-refractivity contribution in [1.82, 2.24) is 5.32 Å². The molecule has 2 heteroatoms. The van der Waals surface area contributed by atoms with E-state index in [0.29, 0.717) is 5.41 Å². The van der Waals surface area contributed by atoms with E-state index in [2.05, 4.69) is 49.5 Å². The summed E-state index contributed by atoms with van der Waals surface area (Å²) in [6.07, 6.45) is 6.97. The highest BCUT2D eigenvalue weighted by molar-refractivity contribution is 5.85. The van der Waals surface area contributed by atoms with Crippen molar-refractivity contribution in [2.24, 2.45) is 5.41 Å². The SMILES string of the molecule is C/C=C\c1cccc2c1CC[C@]1(C)CNC[C@H]21.Cl. The van der Waals surface area contributed by atoms with E-state index in [1.807, 2.05) is 0 Å². The lowest BCUT2D eigenvalue weighted by Gasteiger charge is -2.37. The summed E-state index contributed by atoms with van der Waals surface area (Å²) in [4.78, 5) is 0. The van der Waals surface area contributed by atoms with Gasteiger partial charge in [-0.2, -0.15) is 0 Å². The summed E-state index contributed by atoms with van der Waals surface area (Å²) in [5.74, 6) is 0.719. The molecule has 1 aromatic carbocycles. The molecule has 1 heterocycles. The number of halogens is 1. The molecule has 2 atom stereocenters. The first-order chi connectivity index (χ1) is 8.24. The molecule has 1 aliphatic carbocycles. The van der Waals surface area contributed by atoms with Gasteiger partial charge in [0.15, 0.2) is 0 Å². The highest BCUT2D eigenvalue weighted by Crippen LogP contribution is 2.48. The molecule has 18 heavy (non-hydrogen) atoms. The number of nitrogens with one attached hydrogen (secondary N) is 1. The molecule has 0 spiro atoms. The Morgan fingerprint density at radius 3 is 3.00 bits per heavy atom. The summed E-state index contributed by atoms with van der Waals surface area (Å²) in [6.45, 7) is 6.89. The molecule has 0 amide bonds. The fourth-order valence-corrected chi connectivity index (χ4v) is 3.60. The topological polar surface area (TPSA) is 12.0 Å². The molecule has 1 aromatic rings. The molecule has 0 aromatic heterocycles. The predicted octanol–water partition coefficient (Wildman–Crippen LogP) is 3.78. The molecule has 1 fully saturated rings. The van der Waals surface area contributed by atoms with Gasteiger partial charge in [-0.3, -0.25) is 0 Å². The lowest BCUT2D eigenvalue weighted by Crippen LogP contribution is -2.30. The zero-order chi connectivity index (χ0) is 11.9. The minimum absolute atomic E-state index is 0. The minimum Gasteiger partial charge on any atom is -0.316 e. The second-order valence-corrected chi connectivity index (χ2v) is 5.75. The fraction of sp³-hybridized carbons (Fsp3) is 0.500. The molecule has 1 aliphatic heterocycles. The van der Waals surface area contributed by atoms with E-state index in [0.717, 1.165) is 12.5 Å². The van der Waals surface area contributed by atoms with Gasteiger partial charge in [0.2, 0.25) is 0 Å². The van der Waals surface area contributed by atoms with Gasteiger partial charge in [0.1, 0.15) is 0 Å². The van der Waals surface area contributed by atoms with Crippen LogP contribution in [0.1, 0.15) is 42.9 Å². The van der Waals surface area contributed by atoms with Crippen LogP contribution in [0.15, 0.2) is 24.3 Å². The van der Waals surface area contributed by atoms with Gasteiger partial charge in [-0.25, -0.2) is 0 Å². The Bertz CT molecular complexity index is 466. The largest absolute Gasteiger partial charge is 0.316 e. The second kappa shape index (κ2) is 5.07. The first kappa shape index (κ1) is 13.6. The van der Waals surface area contributed by atoms with E-state index in [1.165, 1.54) is 24.9 Å². The first-order valence-corrected chi connectivity index (χ1v) is 6.70. The highest BCUT2D eigenvalue weighted by atomic mass is 35.5. The zero-order valence-corrected chi connectivity index (χ0v) is 12.0. The Kier molecular flexibility index (Phi) is 3.84. The predicted molar refractivity (Wildman–Crippen MR) is 80.4 cm³/mol. The molecule has 0 unspecified atom stereocenters. The van der Waals surface area contributed by atoms with Crippen LogP contribution < -0.4 is 5.32 Å². The lowest BCUT2D eigenvalue weighted by molar-refractivity contribution is 0.277. The van der Waals surface area contributed by atoms with Crippen LogP contribution in [0.5, 0.6) is 0 Å². The van der Waals surface area contributed by atoms with Crippen molar-refractivity contribution in [3.63, 3.8) is 0 Å². The summed E-state index contributed by atoms with van der Waals surface area (Å²) < 4.78 is 0. The third-order valence-corrected chi connectivity index (χ3v) is 4.63. The quantitative estimate of drug-likeness (QED) is 0.813. The van der Waals surface area contributed by atoms with Gasteiger partial charge >= 0.3 is 0 Å². The van der Waals surface area contributed by atoms with E-state index in [9.17, 15) is 0 Å². The molecule has 0 bridgehead atoms. The number of allylic oxidation sites excluding steroid dienone is 1. The Balaban J connectivity index is 0.00000120. The summed E-state index contributed by atoms with van der Waals surface area (Å²) in [5.41, 5.74) is 5.11. The number of fused-ring (bicyclic) bond motifs is 3. The van der Waals surface area contributed by atoms with Crippen LogP contribution in [-0.4, -0.2) is 13.1 Å². The third kappa shape index (κ3) is 2.00. The fourth-order valence-electron chi connectivity index (χ4n) is 3.60. The summed E-state index contributed by atoms with van der Waals surface area (Å²) in [7, 11) is 0. The van der Waals surface area contributed by atoms with Crippen LogP contribution in [0.2, 0.25) is 0 Å². The van der Waals surface area contributed by atoms with Crippen LogP contribution in [0.25, 0.3) is 6.08 Å². The van der Waals surface area contributed by atoms with Crippen molar-refractivity contribution in [1.29, 1.82) is 0 Å². The monoisotopic (exact) mass is 263 g/mol. The van der Waals surface area contributed by atoms with E-state index >= 15 is 0 Å². The maximum absolute atomic E-state index is 3.58. The van der Waals surface area contributed by atoms with Crippen molar-refractivity contribution in [3.05, 3.63) is 41.0 Å². The molecule has 1 nitrogen and oxygen atoms in total. The minimum atomic E-state index is 0. The normalized spacial score (nSPS) is 29.8. The maximum atomic E-state index is 3.58. The van der Waals surface area contributed by atoms with Gasteiger partial charge in [0.25, 0.3) is 0 Å². The molecular weight excluding hydrogens is 242 g/mol. The number of benzene rings is 1. The Morgan fingerprint density at radius 2 is 2.22 bits per heavy atom. The standard InChI is InChI=1S/C16H21N.ClH/c1-3-5-12-6-4-7-14-13(12)8-9-16(2)11-17-10-15(14)16;/h3-7,15,17H,8-11H2,1-2H3;1H/b5-3-;/t15-,16-;/m1./s1. The Morgan fingerprint density at radius 1 is 1.39 bits per heavy atom. The summed E-state index contributed by atoms with van der Waals surface area (Å²) in [5, 5.41) is 3.58. The van der Waals surface area contributed by atoms with Gasteiger partial charge in [-0.15, -0.1) is 12.4 Å². The number of hydrogen-bond acceptors (Lipinski definition) is 1. The van der Waals surface area contributed by atoms with Crippen LogP contribution in [0, 0.1) is 5.41 Å². The first-order valence-electron chi connectivity index (χ1n) is 6.70. The van der Waals surface area contributed by atoms with Gasteiger partial charge in [-0.1, -0.05) is 37.3 Å². The Labute approximate surface area is 116 Å². The van der Waals surface area contributed by atoms with Crippen molar-refractivity contribution < 1.29 is 0 Å². The number of rotatable bonds is 1. The molecule has 0 radical (unpaired) electrons. The van der Waals surface area contributed by atoms with Gasteiger partial charge in [-0.05, 0) is 41.9 Å². The van der Waals surface area contributed by atoms with Crippen molar-refractivity contribution >= 4 is 18.5 Å². The molecule has 3 rings (SSSR count). The number of hydrogen-bond donors (Lipinski definition) is 1. The van der Waals surface area contributed by atoms with Crippen LogP contribution >= 0.6 is 12.4 Å². The second-order valence-electron chi connectivity index (χ2n) is 5.75. The van der Waals surface area contributed by atoms with Gasteiger partial charge < -0.3 is 5.32 Å². The maximum Gasteiger partial charge on any atom is 0.00324 e. The average molecular weight is 264 g/mol. The molecule has 1 N–H and O–H groups in total. The third-order valence-electron chi connectivity index (χ3n) is 4.63.